The summed E-state index contributed by atoms with van der Waals surface area (Å²) in [4.78, 5) is 17.8. The highest BCUT2D eigenvalue weighted by Gasteiger charge is 2.16. The van der Waals surface area contributed by atoms with E-state index in [2.05, 4.69) is 4.98 Å². The van der Waals surface area contributed by atoms with Crippen LogP contribution in [0.3, 0.4) is 0 Å². The van der Waals surface area contributed by atoms with Gasteiger partial charge in [-0.15, -0.1) is 0 Å². The van der Waals surface area contributed by atoms with E-state index in [1.165, 1.54) is 4.90 Å². The molecule has 0 aliphatic carbocycles. The Morgan fingerprint density at radius 1 is 1.45 bits per heavy atom. The SMILES string of the molecule is CN(C(=O)c1cn(CCN)cn1)c1ccc(C#N)cc1. The monoisotopic (exact) mass is 269 g/mol. The van der Waals surface area contributed by atoms with Gasteiger partial charge in [-0.3, -0.25) is 4.79 Å². The quantitative estimate of drug-likeness (QED) is 0.896. The van der Waals surface area contributed by atoms with E-state index in [4.69, 9.17) is 11.0 Å². The molecule has 1 heterocycles. The summed E-state index contributed by atoms with van der Waals surface area (Å²) < 4.78 is 1.78. The first kappa shape index (κ1) is 13.8. The summed E-state index contributed by atoms with van der Waals surface area (Å²) >= 11 is 0. The van der Waals surface area contributed by atoms with E-state index in [-0.39, 0.29) is 5.91 Å². The van der Waals surface area contributed by atoms with Crippen LogP contribution in [-0.2, 0) is 6.54 Å². The number of nitrogens with zero attached hydrogens (tertiary/aromatic N) is 4. The van der Waals surface area contributed by atoms with Crippen molar-refractivity contribution in [2.24, 2.45) is 5.73 Å². The number of carbonyl (C=O) groups excluding carboxylic acids is 1. The van der Waals surface area contributed by atoms with Crippen molar-refractivity contribution in [2.75, 3.05) is 18.5 Å². The summed E-state index contributed by atoms with van der Waals surface area (Å²) in [5, 5.41) is 8.75. The smallest absolute Gasteiger partial charge is 0.278 e. The van der Waals surface area contributed by atoms with Crippen LogP contribution >= 0.6 is 0 Å². The van der Waals surface area contributed by atoms with E-state index < -0.39 is 0 Å². The third-order valence-electron chi connectivity index (χ3n) is 2.93. The Morgan fingerprint density at radius 3 is 2.75 bits per heavy atom. The van der Waals surface area contributed by atoms with E-state index >= 15 is 0 Å². The Bertz CT molecular complexity index is 638. The molecular formula is C14H15N5O. The lowest BCUT2D eigenvalue weighted by molar-refractivity contribution is 0.0988. The number of hydrogen-bond acceptors (Lipinski definition) is 4. The van der Waals surface area contributed by atoms with Gasteiger partial charge in [-0.05, 0) is 24.3 Å². The first-order valence-corrected chi connectivity index (χ1v) is 6.15. The summed E-state index contributed by atoms with van der Waals surface area (Å²) in [6.45, 7) is 1.12. The minimum Gasteiger partial charge on any atom is -0.335 e. The van der Waals surface area contributed by atoms with Gasteiger partial charge < -0.3 is 15.2 Å². The van der Waals surface area contributed by atoms with E-state index in [9.17, 15) is 4.79 Å². The van der Waals surface area contributed by atoms with Crippen LogP contribution in [0.25, 0.3) is 0 Å². The van der Waals surface area contributed by atoms with Gasteiger partial charge >= 0.3 is 0 Å². The molecule has 0 saturated heterocycles. The van der Waals surface area contributed by atoms with Crippen LogP contribution in [0.2, 0.25) is 0 Å². The van der Waals surface area contributed by atoms with E-state index in [1.807, 2.05) is 6.07 Å². The van der Waals surface area contributed by atoms with Crippen molar-refractivity contribution in [1.82, 2.24) is 9.55 Å². The molecule has 2 N–H and O–H groups in total. The highest BCUT2D eigenvalue weighted by molar-refractivity contribution is 6.04. The van der Waals surface area contributed by atoms with Crippen molar-refractivity contribution < 1.29 is 4.79 Å². The number of hydrogen-bond donors (Lipinski definition) is 1. The Labute approximate surface area is 117 Å². The van der Waals surface area contributed by atoms with Gasteiger partial charge in [0, 0.05) is 32.0 Å². The van der Waals surface area contributed by atoms with Crippen molar-refractivity contribution in [2.45, 2.75) is 6.54 Å². The molecule has 1 amide bonds. The molecule has 102 valence electrons. The second kappa shape index (κ2) is 5.99. The lowest BCUT2D eigenvalue weighted by Gasteiger charge is -2.15. The number of benzene rings is 1. The van der Waals surface area contributed by atoms with Crippen molar-refractivity contribution in [3.63, 3.8) is 0 Å². The Balaban J connectivity index is 2.16. The van der Waals surface area contributed by atoms with Crippen LogP contribution < -0.4 is 10.6 Å². The molecule has 0 spiro atoms. The molecule has 0 radical (unpaired) electrons. The minimum absolute atomic E-state index is 0.203. The molecular weight excluding hydrogens is 254 g/mol. The normalized spacial score (nSPS) is 10.1. The van der Waals surface area contributed by atoms with Gasteiger partial charge in [-0.1, -0.05) is 0 Å². The molecule has 6 heteroatoms. The number of imidazole rings is 1. The van der Waals surface area contributed by atoms with Gasteiger partial charge in [0.2, 0.25) is 0 Å². The second-order valence-corrected chi connectivity index (χ2v) is 4.31. The predicted octanol–water partition coefficient (Wildman–Crippen LogP) is 0.990. The zero-order valence-corrected chi connectivity index (χ0v) is 11.2. The fraction of sp³-hybridized carbons (Fsp3) is 0.214. The molecule has 1 aromatic carbocycles. The standard InChI is InChI=1S/C14H15N5O/c1-18(12-4-2-11(8-16)3-5-12)14(20)13-9-19(7-6-15)10-17-13/h2-5,9-10H,6-7,15H2,1H3. The van der Waals surface area contributed by atoms with E-state index in [0.29, 0.717) is 30.0 Å². The molecule has 0 atom stereocenters. The summed E-state index contributed by atoms with van der Waals surface area (Å²) in [5.74, 6) is -0.203. The lowest BCUT2D eigenvalue weighted by Crippen LogP contribution is -2.26. The number of carbonyl (C=O) groups is 1. The molecule has 6 nitrogen and oxygen atoms in total. The Kier molecular flexibility index (Phi) is 4.13. The molecule has 0 bridgehead atoms. The largest absolute Gasteiger partial charge is 0.335 e. The van der Waals surface area contributed by atoms with Crippen LogP contribution in [0, 0.1) is 11.3 Å². The Morgan fingerprint density at radius 2 is 2.15 bits per heavy atom. The molecule has 0 aliphatic rings. The van der Waals surface area contributed by atoms with E-state index in [1.54, 1.807) is 48.4 Å². The predicted molar refractivity (Wildman–Crippen MR) is 75.2 cm³/mol. The van der Waals surface area contributed by atoms with Crippen LogP contribution in [-0.4, -0.2) is 29.1 Å². The topological polar surface area (TPSA) is 87.9 Å². The van der Waals surface area contributed by atoms with Gasteiger partial charge in [0.1, 0.15) is 5.69 Å². The maximum atomic E-state index is 12.3. The molecule has 2 rings (SSSR count). The average Bonchev–Trinajstić information content (AvgIpc) is 2.95. The van der Waals surface area contributed by atoms with Gasteiger partial charge in [0.25, 0.3) is 5.91 Å². The van der Waals surface area contributed by atoms with Gasteiger partial charge in [0.05, 0.1) is 18.0 Å². The average molecular weight is 269 g/mol. The van der Waals surface area contributed by atoms with Crippen molar-refractivity contribution in [3.8, 4) is 6.07 Å². The fourth-order valence-electron chi connectivity index (χ4n) is 1.79. The summed E-state index contributed by atoms with van der Waals surface area (Å²) in [5.41, 5.74) is 7.09. The van der Waals surface area contributed by atoms with Crippen molar-refractivity contribution in [1.29, 1.82) is 5.26 Å². The van der Waals surface area contributed by atoms with Crippen LogP contribution in [0.15, 0.2) is 36.8 Å². The zero-order valence-electron chi connectivity index (χ0n) is 11.2. The Hall–Kier alpha value is -2.65. The lowest BCUT2D eigenvalue weighted by atomic mass is 10.2. The number of nitrogens with two attached hydrogens (primary N) is 1. The first-order chi connectivity index (χ1) is 9.65. The number of aromatic nitrogens is 2. The van der Waals surface area contributed by atoms with Crippen LogP contribution in [0.1, 0.15) is 16.1 Å². The number of amides is 1. The highest BCUT2D eigenvalue weighted by atomic mass is 16.2. The van der Waals surface area contributed by atoms with Crippen LogP contribution in [0.4, 0.5) is 5.69 Å². The van der Waals surface area contributed by atoms with Gasteiger partial charge in [-0.2, -0.15) is 5.26 Å². The second-order valence-electron chi connectivity index (χ2n) is 4.31. The molecule has 1 aromatic heterocycles. The highest BCUT2D eigenvalue weighted by Crippen LogP contribution is 2.15. The fourth-order valence-corrected chi connectivity index (χ4v) is 1.79. The number of anilines is 1. The first-order valence-electron chi connectivity index (χ1n) is 6.15. The van der Waals surface area contributed by atoms with Gasteiger partial charge in [0.15, 0.2) is 0 Å². The third-order valence-corrected chi connectivity index (χ3v) is 2.93. The van der Waals surface area contributed by atoms with Crippen molar-refractivity contribution >= 4 is 11.6 Å². The summed E-state index contributed by atoms with van der Waals surface area (Å²) in [6.07, 6.45) is 3.27. The maximum Gasteiger partial charge on any atom is 0.278 e. The van der Waals surface area contributed by atoms with Crippen LogP contribution in [0.5, 0.6) is 0 Å². The third kappa shape index (κ3) is 2.84. The zero-order chi connectivity index (χ0) is 14.5. The molecule has 0 saturated carbocycles. The number of nitriles is 1. The molecule has 0 aliphatic heterocycles. The van der Waals surface area contributed by atoms with Crippen molar-refractivity contribution in [3.05, 3.63) is 48.0 Å². The van der Waals surface area contributed by atoms with E-state index in [0.717, 1.165) is 0 Å². The molecule has 20 heavy (non-hydrogen) atoms. The maximum absolute atomic E-state index is 12.3. The number of rotatable bonds is 4. The van der Waals surface area contributed by atoms with Gasteiger partial charge in [-0.25, -0.2) is 4.98 Å². The minimum atomic E-state index is -0.203. The molecule has 0 fully saturated rings. The molecule has 0 unspecified atom stereocenters. The molecule has 2 aromatic rings. The summed E-state index contributed by atoms with van der Waals surface area (Å²) in [6, 6.07) is 8.84. The summed E-state index contributed by atoms with van der Waals surface area (Å²) in [7, 11) is 1.67.